The largest absolute Gasteiger partial charge is 0.450 e. The second-order valence-corrected chi connectivity index (χ2v) is 8.25. The molecule has 3 aromatic rings. The first-order valence-electron chi connectivity index (χ1n) is 11.2. The smallest absolute Gasteiger partial charge is 0.409 e. The Kier molecular flexibility index (Phi) is 6.44. The molecule has 1 fully saturated rings. The van der Waals surface area contributed by atoms with E-state index in [0.717, 1.165) is 28.0 Å². The average molecular weight is 435 g/mol. The molecule has 1 aromatic carbocycles. The van der Waals surface area contributed by atoms with Gasteiger partial charge >= 0.3 is 6.09 Å². The topological polar surface area (TPSA) is 67.2 Å². The zero-order valence-corrected chi connectivity index (χ0v) is 19.0. The molecule has 1 saturated heterocycles. The van der Waals surface area contributed by atoms with Crippen molar-refractivity contribution in [3.05, 3.63) is 71.2 Å². The summed E-state index contributed by atoms with van der Waals surface area (Å²) in [6, 6.07) is 12.3. The normalized spacial score (nSPS) is 15.1. The van der Waals surface area contributed by atoms with Gasteiger partial charge in [0.1, 0.15) is 5.65 Å². The highest BCUT2D eigenvalue weighted by Gasteiger charge is 2.29. The average Bonchev–Trinajstić information content (AvgIpc) is 3.23. The number of hydrogen-bond acceptors (Lipinski definition) is 4. The van der Waals surface area contributed by atoms with Crippen molar-refractivity contribution in [2.24, 2.45) is 0 Å². The molecule has 7 heteroatoms. The Morgan fingerprint density at radius 1 is 1.00 bits per heavy atom. The molecular formula is C25H30N4O3. The van der Waals surface area contributed by atoms with E-state index in [1.807, 2.05) is 48.5 Å². The Bertz CT molecular complexity index is 1120. The second-order valence-electron chi connectivity index (χ2n) is 8.25. The molecule has 0 saturated carbocycles. The third-order valence-electron chi connectivity index (χ3n) is 6.22. The lowest BCUT2D eigenvalue weighted by Gasteiger charge is -2.35. The van der Waals surface area contributed by atoms with Crippen LogP contribution in [0.2, 0.25) is 0 Å². The molecule has 1 unspecified atom stereocenters. The molecule has 4 rings (SSSR count). The summed E-state index contributed by atoms with van der Waals surface area (Å²) in [4.78, 5) is 33.5. The third-order valence-corrected chi connectivity index (χ3v) is 6.22. The molecule has 168 valence electrons. The Morgan fingerprint density at radius 2 is 1.69 bits per heavy atom. The maximum absolute atomic E-state index is 13.4. The number of fused-ring (bicyclic) bond motifs is 1. The van der Waals surface area contributed by atoms with Crippen LogP contribution in [0.15, 0.2) is 48.8 Å². The highest BCUT2D eigenvalue weighted by molar-refractivity contribution is 5.78. The first-order valence-corrected chi connectivity index (χ1v) is 11.2. The summed E-state index contributed by atoms with van der Waals surface area (Å²) < 4.78 is 7.18. The quantitative estimate of drug-likeness (QED) is 0.613. The fraction of sp³-hybridized carbons (Fsp3) is 0.400. The molecule has 3 heterocycles. The number of rotatable bonds is 5. The number of nitrogens with zero attached hydrogens (tertiary/aromatic N) is 4. The van der Waals surface area contributed by atoms with E-state index >= 15 is 0 Å². The van der Waals surface area contributed by atoms with Gasteiger partial charge < -0.3 is 18.9 Å². The number of pyridine rings is 1. The van der Waals surface area contributed by atoms with Crippen LogP contribution in [0.25, 0.3) is 5.65 Å². The number of carbonyl (C=O) groups excluding carboxylic acids is 2. The summed E-state index contributed by atoms with van der Waals surface area (Å²) in [5, 5.41) is 0. The minimum absolute atomic E-state index is 0.0874. The number of carbonyl (C=O) groups is 2. The standard InChI is InChI=1S/C25H30N4O3/c1-4-32-25(31)28-14-12-27(13-15-28)23(30)16-21(20-10-6-5-8-18(20)2)22-17-26-24-19(3)9-7-11-29(22)24/h5-11,17,21H,4,12-16H2,1-3H3. The van der Waals surface area contributed by atoms with Gasteiger partial charge in [-0.05, 0) is 43.5 Å². The van der Waals surface area contributed by atoms with Gasteiger partial charge in [0.15, 0.2) is 0 Å². The molecule has 2 aromatic heterocycles. The van der Waals surface area contributed by atoms with E-state index in [4.69, 9.17) is 4.74 Å². The molecule has 0 radical (unpaired) electrons. The van der Waals surface area contributed by atoms with Crippen molar-refractivity contribution < 1.29 is 14.3 Å². The summed E-state index contributed by atoms with van der Waals surface area (Å²) in [5.41, 5.74) is 5.31. The number of aromatic nitrogens is 2. The molecule has 1 aliphatic heterocycles. The zero-order chi connectivity index (χ0) is 22.7. The van der Waals surface area contributed by atoms with Gasteiger partial charge in [0.25, 0.3) is 0 Å². The van der Waals surface area contributed by atoms with Crippen molar-refractivity contribution in [2.75, 3.05) is 32.8 Å². The van der Waals surface area contributed by atoms with E-state index in [2.05, 4.69) is 28.4 Å². The van der Waals surface area contributed by atoms with E-state index in [1.54, 1.807) is 11.8 Å². The lowest BCUT2D eigenvalue weighted by molar-refractivity contribution is -0.133. The number of amides is 2. The third kappa shape index (κ3) is 4.33. The van der Waals surface area contributed by atoms with Gasteiger partial charge in [-0.2, -0.15) is 0 Å². The van der Waals surface area contributed by atoms with Crippen molar-refractivity contribution in [3.8, 4) is 0 Å². The van der Waals surface area contributed by atoms with E-state index < -0.39 is 0 Å². The van der Waals surface area contributed by atoms with Crippen LogP contribution in [-0.4, -0.2) is 64.0 Å². The van der Waals surface area contributed by atoms with E-state index in [0.29, 0.717) is 39.2 Å². The van der Waals surface area contributed by atoms with Crippen LogP contribution in [0.3, 0.4) is 0 Å². The fourth-order valence-corrected chi connectivity index (χ4v) is 4.44. The van der Waals surface area contributed by atoms with Crippen LogP contribution in [0, 0.1) is 13.8 Å². The summed E-state index contributed by atoms with van der Waals surface area (Å²) >= 11 is 0. The van der Waals surface area contributed by atoms with Crippen molar-refractivity contribution in [3.63, 3.8) is 0 Å². The molecular weight excluding hydrogens is 404 g/mol. The Balaban J connectivity index is 1.58. The highest BCUT2D eigenvalue weighted by Crippen LogP contribution is 2.32. The number of hydrogen-bond donors (Lipinski definition) is 0. The summed E-state index contributed by atoms with van der Waals surface area (Å²) in [6.07, 6.45) is 3.95. The Hall–Kier alpha value is -3.35. The molecule has 2 amide bonds. The first kappa shape index (κ1) is 21.9. The minimum Gasteiger partial charge on any atom is -0.450 e. The van der Waals surface area contributed by atoms with Crippen LogP contribution < -0.4 is 0 Å². The zero-order valence-electron chi connectivity index (χ0n) is 19.0. The molecule has 1 aliphatic rings. The van der Waals surface area contributed by atoms with Gasteiger partial charge in [0.05, 0.1) is 12.3 Å². The fourth-order valence-electron chi connectivity index (χ4n) is 4.44. The maximum Gasteiger partial charge on any atom is 0.409 e. The van der Waals surface area contributed by atoms with E-state index in [9.17, 15) is 9.59 Å². The Morgan fingerprint density at radius 3 is 2.41 bits per heavy atom. The van der Waals surface area contributed by atoms with Gasteiger partial charge in [-0.3, -0.25) is 4.79 Å². The minimum atomic E-state index is -0.307. The van der Waals surface area contributed by atoms with Crippen LogP contribution in [0.1, 0.15) is 41.6 Å². The second kappa shape index (κ2) is 9.42. The van der Waals surface area contributed by atoms with E-state index in [-0.39, 0.29) is 17.9 Å². The van der Waals surface area contributed by atoms with Crippen LogP contribution >= 0.6 is 0 Å². The molecule has 0 N–H and O–H groups in total. The molecule has 0 spiro atoms. The monoisotopic (exact) mass is 434 g/mol. The predicted molar refractivity (Wildman–Crippen MR) is 123 cm³/mol. The van der Waals surface area contributed by atoms with Crippen LogP contribution in [0.4, 0.5) is 4.79 Å². The molecule has 32 heavy (non-hydrogen) atoms. The van der Waals surface area contributed by atoms with Gasteiger partial charge in [-0.15, -0.1) is 0 Å². The number of imidazole rings is 1. The first-order chi connectivity index (χ1) is 15.5. The maximum atomic E-state index is 13.4. The van der Waals surface area contributed by atoms with Gasteiger partial charge in [-0.1, -0.05) is 30.3 Å². The molecule has 0 aliphatic carbocycles. The lowest BCUT2D eigenvalue weighted by atomic mass is 9.89. The van der Waals surface area contributed by atoms with Crippen molar-refractivity contribution in [2.45, 2.75) is 33.1 Å². The number of piperazine rings is 1. The van der Waals surface area contributed by atoms with Crippen molar-refractivity contribution >= 4 is 17.6 Å². The van der Waals surface area contributed by atoms with E-state index in [1.165, 1.54) is 0 Å². The van der Waals surface area contributed by atoms with Gasteiger partial charge in [0, 0.05) is 50.9 Å². The SMILES string of the molecule is CCOC(=O)N1CCN(C(=O)CC(c2ccccc2C)c2cnc3c(C)cccn23)CC1. The highest BCUT2D eigenvalue weighted by atomic mass is 16.6. The van der Waals surface area contributed by atoms with Crippen molar-refractivity contribution in [1.82, 2.24) is 19.2 Å². The number of aryl methyl sites for hydroxylation is 2. The van der Waals surface area contributed by atoms with Crippen LogP contribution in [0.5, 0.6) is 0 Å². The van der Waals surface area contributed by atoms with Gasteiger partial charge in [-0.25, -0.2) is 9.78 Å². The number of ether oxygens (including phenoxy) is 1. The summed E-state index contributed by atoms with van der Waals surface area (Å²) in [6.45, 7) is 8.31. The molecule has 7 nitrogen and oxygen atoms in total. The predicted octanol–water partition coefficient (Wildman–Crippen LogP) is 3.77. The van der Waals surface area contributed by atoms with Gasteiger partial charge in [0.2, 0.25) is 5.91 Å². The molecule has 1 atom stereocenters. The summed E-state index contributed by atoms with van der Waals surface area (Å²) in [7, 11) is 0. The van der Waals surface area contributed by atoms with Crippen molar-refractivity contribution in [1.29, 1.82) is 0 Å². The lowest BCUT2D eigenvalue weighted by Crippen LogP contribution is -2.51. The molecule has 0 bridgehead atoms. The Labute approximate surface area is 188 Å². The number of benzene rings is 1. The van der Waals surface area contributed by atoms with Crippen LogP contribution in [-0.2, 0) is 9.53 Å². The summed E-state index contributed by atoms with van der Waals surface area (Å²) in [5.74, 6) is -0.0204.